The van der Waals surface area contributed by atoms with E-state index in [9.17, 15) is 19.7 Å². The highest BCUT2D eigenvalue weighted by Crippen LogP contribution is 2.29. The first-order valence-corrected chi connectivity index (χ1v) is 7.79. The summed E-state index contributed by atoms with van der Waals surface area (Å²) >= 11 is 5.81. The van der Waals surface area contributed by atoms with Gasteiger partial charge in [-0.05, 0) is 31.2 Å². The largest absolute Gasteiger partial charge is 0.494 e. The molecular weight excluding hydrogens is 364 g/mol. The van der Waals surface area contributed by atoms with Crippen molar-refractivity contribution in [2.24, 2.45) is 0 Å². The summed E-state index contributed by atoms with van der Waals surface area (Å²) in [6.07, 6.45) is -1.11. The van der Waals surface area contributed by atoms with Crippen molar-refractivity contribution in [2.75, 3.05) is 12.4 Å². The van der Waals surface area contributed by atoms with E-state index in [2.05, 4.69) is 5.32 Å². The van der Waals surface area contributed by atoms with Crippen LogP contribution in [0.15, 0.2) is 42.5 Å². The zero-order valence-corrected chi connectivity index (χ0v) is 14.6. The van der Waals surface area contributed by atoms with Crippen LogP contribution in [-0.2, 0) is 9.53 Å². The molecule has 1 N–H and O–H groups in total. The topological polar surface area (TPSA) is 108 Å². The van der Waals surface area contributed by atoms with Crippen molar-refractivity contribution in [1.29, 1.82) is 0 Å². The molecule has 2 rings (SSSR count). The molecule has 0 radical (unpaired) electrons. The van der Waals surface area contributed by atoms with Crippen molar-refractivity contribution >= 4 is 34.9 Å². The number of nitro groups is 1. The van der Waals surface area contributed by atoms with Crippen molar-refractivity contribution in [3.05, 3.63) is 63.2 Å². The molecule has 0 fully saturated rings. The number of benzene rings is 2. The van der Waals surface area contributed by atoms with Gasteiger partial charge in [-0.1, -0.05) is 17.7 Å². The standard InChI is InChI=1S/C17H15ClN2O6/c1-10(26-17(22)11-4-3-5-12(18)8-11)16(21)19-14-7-6-13(20(23)24)9-15(14)25-2/h3-10H,1-2H3,(H,19,21)/t10-/m1/s1. The molecule has 9 heteroatoms. The third-order valence-electron chi connectivity index (χ3n) is 3.37. The SMILES string of the molecule is COc1cc([N+](=O)[O-])ccc1NC(=O)[C@@H](C)OC(=O)c1cccc(Cl)c1. The summed E-state index contributed by atoms with van der Waals surface area (Å²) in [5, 5.41) is 13.7. The lowest BCUT2D eigenvalue weighted by Gasteiger charge is -2.15. The van der Waals surface area contributed by atoms with Crippen LogP contribution in [0.25, 0.3) is 0 Å². The molecule has 1 amide bonds. The summed E-state index contributed by atoms with van der Waals surface area (Å²) in [6.45, 7) is 1.40. The van der Waals surface area contributed by atoms with Gasteiger partial charge in [-0.25, -0.2) is 4.79 Å². The van der Waals surface area contributed by atoms with Crippen molar-refractivity contribution < 1.29 is 24.0 Å². The van der Waals surface area contributed by atoms with Gasteiger partial charge in [0, 0.05) is 11.1 Å². The number of carbonyl (C=O) groups excluding carboxylic acids is 2. The van der Waals surface area contributed by atoms with Crippen molar-refractivity contribution in [3.63, 3.8) is 0 Å². The van der Waals surface area contributed by atoms with Gasteiger partial charge in [0.2, 0.25) is 0 Å². The van der Waals surface area contributed by atoms with Gasteiger partial charge >= 0.3 is 5.97 Å². The molecule has 0 aliphatic carbocycles. The third-order valence-corrected chi connectivity index (χ3v) is 3.60. The van der Waals surface area contributed by atoms with E-state index in [4.69, 9.17) is 21.1 Å². The summed E-state index contributed by atoms with van der Waals surface area (Å²) in [5.74, 6) is -1.21. The lowest BCUT2D eigenvalue weighted by Crippen LogP contribution is -2.30. The maximum absolute atomic E-state index is 12.2. The number of hydrogen-bond donors (Lipinski definition) is 1. The molecule has 0 heterocycles. The van der Waals surface area contributed by atoms with E-state index in [1.54, 1.807) is 12.1 Å². The Balaban J connectivity index is 2.07. The monoisotopic (exact) mass is 378 g/mol. The Kier molecular flexibility index (Phi) is 6.13. The van der Waals surface area contributed by atoms with Crippen LogP contribution in [0.4, 0.5) is 11.4 Å². The van der Waals surface area contributed by atoms with Crippen LogP contribution in [0.3, 0.4) is 0 Å². The fraction of sp³-hybridized carbons (Fsp3) is 0.176. The first-order valence-electron chi connectivity index (χ1n) is 7.41. The van der Waals surface area contributed by atoms with Gasteiger partial charge in [0.1, 0.15) is 5.75 Å². The number of nitro benzene ring substituents is 1. The predicted octanol–water partition coefficient (Wildman–Crippen LogP) is 3.44. The molecule has 0 bridgehead atoms. The van der Waals surface area contributed by atoms with Gasteiger partial charge in [-0.3, -0.25) is 14.9 Å². The second-order valence-electron chi connectivity index (χ2n) is 5.19. The average Bonchev–Trinajstić information content (AvgIpc) is 2.61. The van der Waals surface area contributed by atoms with Crippen molar-refractivity contribution in [1.82, 2.24) is 0 Å². The Morgan fingerprint density at radius 2 is 1.96 bits per heavy atom. The molecule has 2 aromatic carbocycles. The summed E-state index contributed by atoms with van der Waals surface area (Å²) in [4.78, 5) is 34.5. The molecular formula is C17H15ClN2O6. The number of non-ortho nitro benzene ring substituents is 1. The van der Waals surface area contributed by atoms with Crippen LogP contribution < -0.4 is 10.1 Å². The lowest BCUT2D eigenvalue weighted by atomic mass is 10.2. The van der Waals surface area contributed by atoms with Crippen molar-refractivity contribution in [2.45, 2.75) is 13.0 Å². The highest BCUT2D eigenvalue weighted by Gasteiger charge is 2.21. The van der Waals surface area contributed by atoms with Crippen LogP contribution >= 0.6 is 11.6 Å². The summed E-state index contributed by atoms with van der Waals surface area (Å²) in [6, 6.07) is 9.87. The van der Waals surface area contributed by atoms with Crippen LogP contribution in [-0.4, -0.2) is 30.0 Å². The first kappa shape index (κ1) is 19.2. The minimum Gasteiger partial charge on any atom is -0.494 e. The number of ether oxygens (including phenoxy) is 2. The molecule has 0 spiro atoms. The van der Waals surface area contributed by atoms with E-state index in [0.717, 1.165) is 0 Å². The van der Waals surface area contributed by atoms with Crippen LogP contribution in [0.5, 0.6) is 5.75 Å². The second-order valence-corrected chi connectivity index (χ2v) is 5.63. The number of amides is 1. The molecule has 0 saturated carbocycles. The molecule has 8 nitrogen and oxygen atoms in total. The predicted molar refractivity (Wildman–Crippen MR) is 94.6 cm³/mol. The fourth-order valence-electron chi connectivity index (χ4n) is 2.03. The van der Waals surface area contributed by atoms with Crippen molar-refractivity contribution in [3.8, 4) is 5.75 Å². The highest BCUT2D eigenvalue weighted by atomic mass is 35.5. The first-order chi connectivity index (χ1) is 12.3. The van der Waals surface area contributed by atoms with E-state index < -0.39 is 22.9 Å². The zero-order chi connectivity index (χ0) is 19.3. The maximum Gasteiger partial charge on any atom is 0.338 e. The summed E-state index contributed by atoms with van der Waals surface area (Å²) < 4.78 is 10.1. The van der Waals surface area contributed by atoms with E-state index >= 15 is 0 Å². The molecule has 0 aromatic heterocycles. The van der Waals surface area contributed by atoms with Gasteiger partial charge in [0.15, 0.2) is 6.10 Å². The molecule has 26 heavy (non-hydrogen) atoms. The Labute approximate surface area is 153 Å². The summed E-state index contributed by atoms with van der Waals surface area (Å²) in [5.41, 5.74) is 0.249. The van der Waals surface area contributed by atoms with Gasteiger partial charge in [-0.2, -0.15) is 0 Å². The fourth-order valence-corrected chi connectivity index (χ4v) is 2.22. The van der Waals surface area contributed by atoms with E-state index in [0.29, 0.717) is 5.02 Å². The molecule has 0 aliphatic heterocycles. The van der Waals surface area contributed by atoms with Crippen LogP contribution in [0.2, 0.25) is 5.02 Å². The molecule has 0 unspecified atom stereocenters. The number of methoxy groups -OCH3 is 1. The quantitative estimate of drug-likeness (QED) is 0.468. The minimum atomic E-state index is -1.11. The van der Waals surface area contributed by atoms with E-state index in [1.807, 2.05) is 0 Å². The van der Waals surface area contributed by atoms with Gasteiger partial charge in [0.05, 0.1) is 29.4 Å². The molecule has 2 aromatic rings. The average molecular weight is 379 g/mol. The van der Waals surface area contributed by atoms with E-state index in [-0.39, 0.29) is 22.7 Å². The number of hydrogen-bond acceptors (Lipinski definition) is 6. The van der Waals surface area contributed by atoms with Gasteiger partial charge in [0.25, 0.3) is 11.6 Å². The van der Waals surface area contributed by atoms with E-state index in [1.165, 1.54) is 44.4 Å². The lowest BCUT2D eigenvalue weighted by molar-refractivity contribution is -0.384. The minimum absolute atomic E-state index is 0.112. The zero-order valence-electron chi connectivity index (χ0n) is 13.9. The van der Waals surface area contributed by atoms with Gasteiger partial charge in [-0.15, -0.1) is 0 Å². The van der Waals surface area contributed by atoms with Crippen LogP contribution in [0, 0.1) is 10.1 Å². The number of nitrogens with zero attached hydrogens (tertiary/aromatic N) is 1. The molecule has 0 aliphatic rings. The van der Waals surface area contributed by atoms with Gasteiger partial charge < -0.3 is 14.8 Å². The maximum atomic E-state index is 12.2. The Morgan fingerprint density at radius 1 is 1.23 bits per heavy atom. The normalized spacial score (nSPS) is 11.3. The number of rotatable bonds is 6. The highest BCUT2D eigenvalue weighted by molar-refractivity contribution is 6.30. The molecule has 1 atom stereocenters. The number of carbonyl (C=O) groups is 2. The number of anilines is 1. The molecule has 0 saturated heterocycles. The third kappa shape index (κ3) is 4.70. The Bertz CT molecular complexity index is 855. The summed E-state index contributed by atoms with van der Waals surface area (Å²) in [7, 11) is 1.32. The number of nitrogens with one attached hydrogen (secondary N) is 1. The Hall–Kier alpha value is -3.13. The smallest absolute Gasteiger partial charge is 0.338 e. The number of halogens is 1. The van der Waals surface area contributed by atoms with Crippen LogP contribution in [0.1, 0.15) is 17.3 Å². The Morgan fingerprint density at radius 3 is 2.58 bits per heavy atom. The second kappa shape index (κ2) is 8.30. The molecule has 136 valence electrons. The number of esters is 1.